The fourth-order valence-electron chi connectivity index (χ4n) is 2.71. The third kappa shape index (κ3) is 2.97. The van der Waals surface area contributed by atoms with Crippen molar-refractivity contribution in [1.82, 2.24) is 9.97 Å². The molecule has 1 aromatic rings. The van der Waals surface area contributed by atoms with Gasteiger partial charge in [-0.05, 0) is 31.1 Å². The van der Waals surface area contributed by atoms with Crippen molar-refractivity contribution in [3.63, 3.8) is 0 Å². The highest BCUT2D eigenvalue weighted by atomic mass is 16.6. The van der Waals surface area contributed by atoms with Gasteiger partial charge in [-0.2, -0.15) is 0 Å². The molecule has 20 heavy (non-hydrogen) atoms. The Hall–Kier alpha value is -1.92. The van der Waals surface area contributed by atoms with Crippen molar-refractivity contribution >= 4 is 17.3 Å². The van der Waals surface area contributed by atoms with Crippen molar-refractivity contribution in [2.45, 2.75) is 39.2 Å². The van der Waals surface area contributed by atoms with Gasteiger partial charge in [0.1, 0.15) is 6.33 Å². The number of hydrogen-bond acceptors (Lipinski definition) is 6. The fourth-order valence-corrected chi connectivity index (χ4v) is 2.71. The number of rotatable bonds is 4. The van der Waals surface area contributed by atoms with Gasteiger partial charge in [0.2, 0.25) is 11.6 Å². The zero-order valence-electron chi connectivity index (χ0n) is 12.1. The number of anilines is 2. The van der Waals surface area contributed by atoms with Crippen LogP contribution in [0, 0.1) is 22.0 Å². The molecule has 0 aromatic carbocycles. The van der Waals surface area contributed by atoms with E-state index in [-0.39, 0.29) is 17.5 Å². The normalized spacial score (nSPS) is 26.1. The smallest absolute Gasteiger partial charge is 0.353 e. The van der Waals surface area contributed by atoms with Crippen LogP contribution in [0.3, 0.4) is 0 Å². The van der Waals surface area contributed by atoms with E-state index in [1.165, 1.54) is 6.33 Å². The van der Waals surface area contributed by atoms with E-state index in [4.69, 9.17) is 0 Å². The van der Waals surface area contributed by atoms with Gasteiger partial charge in [0.05, 0.1) is 4.92 Å². The lowest BCUT2D eigenvalue weighted by atomic mass is 9.79. The Morgan fingerprint density at radius 2 is 1.95 bits per heavy atom. The Balaban J connectivity index is 2.19. The molecule has 2 rings (SSSR count). The minimum Gasteiger partial charge on any atom is -0.367 e. The molecule has 0 aliphatic heterocycles. The summed E-state index contributed by atoms with van der Waals surface area (Å²) >= 11 is 0. The van der Waals surface area contributed by atoms with Crippen LogP contribution in [-0.4, -0.2) is 28.0 Å². The first-order valence-electron chi connectivity index (χ1n) is 6.96. The summed E-state index contributed by atoms with van der Waals surface area (Å²) in [6.07, 6.45) is 4.51. The van der Waals surface area contributed by atoms with E-state index in [9.17, 15) is 10.1 Å². The number of nitrogens with zero attached hydrogens (tertiary/aromatic N) is 3. The molecule has 1 saturated carbocycles. The molecule has 0 radical (unpaired) electrons. The first-order valence-corrected chi connectivity index (χ1v) is 6.96. The van der Waals surface area contributed by atoms with Gasteiger partial charge in [-0.3, -0.25) is 10.1 Å². The van der Waals surface area contributed by atoms with Crippen LogP contribution in [0.25, 0.3) is 0 Å². The second-order valence-corrected chi connectivity index (χ2v) is 5.54. The summed E-state index contributed by atoms with van der Waals surface area (Å²) in [6.45, 7) is 4.49. The third-order valence-electron chi connectivity index (χ3n) is 4.18. The average molecular weight is 279 g/mol. The van der Waals surface area contributed by atoms with Crippen molar-refractivity contribution in [3.05, 3.63) is 16.4 Å². The molecule has 1 heterocycles. The van der Waals surface area contributed by atoms with E-state index in [0.717, 1.165) is 19.3 Å². The fraction of sp³-hybridized carbons (Fsp3) is 0.692. The zero-order chi connectivity index (χ0) is 14.7. The molecule has 0 spiro atoms. The van der Waals surface area contributed by atoms with Gasteiger partial charge >= 0.3 is 5.69 Å². The Kier molecular flexibility index (Phi) is 4.36. The maximum absolute atomic E-state index is 11.2. The molecule has 1 aliphatic rings. The van der Waals surface area contributed by atoms with E-state index >= 15 is 0 Å². The summed E-state index contributed by atoms with van der Waals surface area (Å²) in [7, 11) is 1.61. The van der Waals surface area contributed by atoms with Crippen molar-refractivity contribution in [2.75, 3.05) is 17.7 Å². The Morgan fingerprint density at radius 1 is 1.25 bits per heavy atom. The Morgan fingerprint density at radius 3 is 2.55 bits per heavy atom. The van der Waals surface area contributed by atoms with Crippen LogP contribution in [0.2, 0.25) is 0 Å². The molecule has 3 unspecified atom stereocenters. The van der Waals surface area contributed by atoms with E-state index in [1.807, 2.05) is 0 Å². The highest BCUT2D eigenvalue weighted by molar-refractivity contribution is 5.69. The van der Waals surface area contributed by atoms with Gasteiger partial charge in [-0.1, -0.05) is 13.8 Å². The van der Waals surface area contributed by atoms with E-state index in [2.05, 4.69) is 34.4 Å². The molecule has 7 nitrogen and oxygen atoms in total. The van der Waals surface area contributed by atoms with Crippen molar-refractivity contribution in [3.8, 4) is 0 Å². The quantitative estimate of drug-likeness (QED) is 0.650. The minimum absolute atomic E-state index is 0.0822. The van der Waals surface area contributed by atoms with Crippen molar-refractivity contribution in [2.24, 2.45) is 11.8 Å². The lowest BCUT2D eigenvalue weighted by Gasteiger charge is -2.32. The topological polar surface area (TPSA) is 93.0 Å². The van der Waals surface area contributed by atoms with Crippen molar-refractivity contribution < 1.29 is 4.92 Å². The number of nitrogens with one attached hydrogen (secondary N) is 2. The molecule has 7 heteroatoms. The van der Waals surface area contributed by atoms with Gasteiger partial charge in [-0.15, -0.1) is 0 Å². The van der Waals surface area contributed by atoms with Crippen molar-refractivity contribution in [1.29, 1.82) is 0 Å². The molecule has 0 saturated heterocycles. The van der Waals surface area contributed by atoms with Crippen LogP contribution in [0.1, 0.15) is 33.1 Å². The van der Waals surface area contributed by atoms with Gasteiger partial charge in [0.25, 0.3) is 0 Å². The lowest BCUT2D eigenvalue weighted by Crippen LogP contribution is -2.31. The minimum atomic E-state index is -0.441. The van der Waals surface area contributed by atoms with Crippen LogP contribution < -0.4 is 10.6 Å². The van der Waals surface area contributed by atoms with E-state index < -0.39 is 4.92 Å². The summed E-state index contributed by atoms with van der Waals surface area (Å²) in [5.41, 5.74) is -0.0822. The molecular formula is C13H21N5O2. The molecule has 3 atom stereocenters. The van der Waals surface area contributed by atoms with E-state index in [0.29, 0.717) is 17.7 Å². The molecule has 1 aliphatic carbocycles. The highest BCUT2D eigenvalue weighted by Crippen LogP contribution is 2.34. The highest BCUT2D eigenvalue weighted by Gasteiger charge is 2.28. The summed E-state index contributed by atoms with van der Waals surface area (Å²) < 4.78 is 0. The Labute approximate surface area is 118 Å². The standard InChI is InChI=1S/C13H21N5O2/c1-8-4-5-10(6-9(8)2)17-13-11(18(19)20)12(14-3)15-7-16-13/h7-10H,4-6H2,1-3H3,(H2,14,15,16,17). The lowest BCUT2D eigenvalue weighted by molar-refractivity contribution is -0.383. The Bertz CT molecular complexity index is 494. The number of nitro groups is 1. The first-order chi connectivity index (χ1) is 9.52. The maximum atomic E-state index is 11.2. The summed E-state index contributed by atoms with van der Waals surface area (Å²) in [4.78, 5) is 18.7. The van der Waals surface area contributed by atoms with Gasteiger partial charge in [-0.25, -0.2) is 9.97 Å². The first kappa shape index (κ1) is 14.5. The third-order valence-corrected chi connectivity index (χ3v) is 4.18. The monoisotopic (exact) mass is 279 g/mol. The van der Waals surface area contributed by atoms with E-state index in [1.54, 1.807) is 7.05 Å². The van der Waals surface area contributed by atoms with Crippen LogP contribution in [0.5, 0.6) is 0 Å². The van der Waals surface area contributed by atoms with Gasteiger partial charge < -0.3 is 10.6 Å². The van der Waals surface area contributed by atoms with Crippen LogP contribution >= 0.6 is 0 Å². The molecule has 0 amide bonds. The predicted octanol–water partition coefficient (Wildman–Crippen LogP) is 2.66. The largest absolute Gasteiger partial charge is 0.367 e. The second kappa shape index (κ2) is 6.02. The second-order valence-electron chi connectivity index (χ2n) is 5.54. The molecule has 110 valence electrons. The number of hydrogen-bond donors (Lipinski definition) is 2. The molecular weight excluding hydrogens is 258 g/mol. The predicted molar refractivity (Wildman–Crippen MR) is 77.8 cm³/mol. The molecule has 0 bridgehead atoms. The van der Waals surface area contributed by atoms with Gasteiger partial charge in [0.15, 0.2) is 0 Å². The van der Waals surface area contributed by atoms with Gasteiger partial charge in [0, 0.05) is 13.1 Å². The summed E-state index contributed by atoms with van der Waals surface area (Å²) in [6, 6.07) is 0.236. The molecule has 1 aromatic heterocycles. The molecule has 1 fully saturated rings. The maximum Gasteiger partial charge on any atom is 0.353 e. The summed E-state index contributed by atoms with van der Waals surface area (Å²) in [5.74, 6) is 1.87. The van der Waals surface area contributed by atoms with Crippen LogP contribution in [0.15, 0.2) is 6.33 Å². The zero-order valence-corrected chi connectivity index (χ0v) is 12.1. The number of aromatic nitrogens is 2. The molecule has 2 N–H and O–H groups in total. The SMILES string of the molecule is CNc1ncnc(NC2CCC(C)C(C)C2)c1[N+](=O)[O-]. The summed E-state index contributed by atoms with van der Waals surface area (Å²) in [5, 5.41) is 17.2. The van der Waals surface area contributed by atoms with Crippen LogP contribution in [0.4, 0.5) is 17.3 Å². The van der Waals surface area contributed by atoms with Crippen LogP contribution in [-0.2, 0) is 0 Å². The average Bonchev–Trinajstić information content (AvgIpc) is 2.42.